The smallest absolute Gasteiger partial charge is 0.151 e. The second-order valence-electron chi connectivity index (χ2n) is 4.94. The highest BCUT2D eigenvalue weighted by Crippen LogP contribution is 2.16. The predicted molar refractivity (Wildman–Crippen MR) is 81.7 cm³/mol. The zero-order chi connectivity index (χ0) is 14.4. The van der Waals surface area contributed by atoms with Crippen molar-refractivity contribution >= 4 is 11.6 Å². The van der Waals surface area contributed by atoms with E-state index in [-0.39, 0.29) is 6.04 Å². The molecule has 1 atom stereocenters. The number of hydrogen-bond acceptors (Lipinski definition) is 3. The summed E-state index contributed by atoms with van der Waals surface area (Å²) >= 11 is 6.16. The van der Waals surface area contributed by atoms with Gasteiger partial charge in [0.15, 0.2) is 5.15 Å². The highest BCUT2D eigenvalue weighted by atomic mass is 35.5. The van der Waals surface area contributed by atoms with Crippen molar-refractivity contribution in [1.82, 2.24) is 20.3 Å². The van der Waals surface area contributed by atoms with E-state index >= 15 is 0 Å². The average molecular weight is 293 g/mol. The fraction of sp³-hybridized carbons (Fsp3) is 0.467. The number of halogens is 1. The zero-order valence-electron chi connectivity index (χ0n) is 12.0. The molecule has 0 aliphatic carbocycles. The Hall–Kier alpha value is -1.39. The van der Waals surface area contributed by atoms with Crippen molar-refractivity contribution in [3.8, 4) is 0 Å². The molecule has 0 amide bonds. The number of aryl methyl sites for hydroxylation is 1. The van der Waals surface area contributed by atoms with Gasteiger partial charge in [-0.15, -0.1) is 0 Å². The lowest BCUT2D eigenvalue weighted by Gasteiger charge is -2.13. The second kappa shape index (κ2) is 7.41. The van der Waals surface area contributed by atoms with Crippen LogP contribution in [-0.2, 0) is 13.0 Å². The maximum Gasteiger partial charge on any atom is 0.151 e. The summed E-state index contributed by atoms with van der Waals surface area (Å²) < 4.78 is 0. The van der Waals surface area contributed by atoms with Gasteiger partial charge < -0.3 is 10.3 Å². The molecule has 4 nitrogen and oxygen atoms in total. The number of rotatable bonds is 7. The van der Waals surface area contributed by atoms with E-state index in [1.165, 1.54) is 5.56 Å². The molecule has 2 aromatic rings. The molecule has 2 N–H and O–H groups in total. The van der Waals surface area contributed by atoms with Crippen molar-refractivity contribution in [2.24, 2.45) is 0 Å². The van der Waals surface area contributed by atoms with Crippen molar-refractivity contribution in [3.63, 3.8) is 0 Å². The normalized spacial score (nSPS) is 12.6. The molecule has 0 saturated heterocycles. The number of aromatic nitrogens is 3. The Morgan fingerprint density at radius 1 is 1.35 bits per heavy atom. The van der Waals surface area contributed by atoms with Gasteiger partial charge in [0.1, 0.15) is 5.82 Å². The Labute approximate surface area is 125 Å². The molecule has 20 heavy (non-hydrogen) atoms. The van der Waals surface area contributed by atoms with E-state index in [4.69, 9.17) is 11.6 Å². The lowest BCUT2D eigenvalue weighted by atomic mass is 10.1. The Morgan fingerprint density at radius 3 is 2.80 bits per heavy atom. The van der Waals surface area contributed by atoms with Crippen LogP contribution in [0.2, 0.25) is 5.15 Å². The Bertz CT molecular complexity index is 524. The van der Waals surface area contributed by atoms with Crippen LogP contribution < -0.4 is 5.32 Å². The summed E-state index contributed by atoms with van der Waals surface area (Å²) in [5.74, 6) is 0.977. The molecule has 0 spiro atoms. The fourth-order valence-electron chi connectivity index (χ4n) is 2.04. The zero-order valence-corrected chi connectivity index (χ0v) is 12.7. The SMILES string of the molecule is CCCCc1nc(Cl)c(CN[C@H](C)c2ccncc2)[nH]1. The van der Waals surface area contributed by atoms with Crippen molar-refractivity contribution in [2.75, 3.05) is 0 Å². The molecule has 0 bridgehead atoms. The van der Waals surface area contributed by atoms with Gasteiger partial charge in [0, 0.05) is 31.4 Å². The first-order valence-electron chi connectivity index (χ1n) is 7.07. The van der Waals surface area contributed by atoms with Gasteiger partial charge in [-0.25, -0.2) is 4.98 Å². The van der Waals surface area contributed by atoms with Crippen molar-refractivity contribution in [3.05, 3.63) is 46.8 Å². The molecule has 5 heteroatoms. The maximum absolute atomic E-state index is 6.16. The van der Waals surface area contributed by atoms with E-state index in [0.717, 1.165) is 30.8 Å². The van der Waals surface area contributed by atoms with Gasteiger partial charge in [-0.2, -0.15) is 0 Å². The Morgan fingerprint density at radius 2 is 2.10 bits per heavy atom. The van der Waals surface area contributed by atoms with Crippen LogP contribution in [0, 0.1) is 0 Å². The number of imidazole rings is 1. The molecule has 0 aromatic carbocycles. The van der Waals surface area contributed by atoms with Crippen LogP contribution in [0.25, 0.3) is 0 Å². The summed E-state index contributed by atoms with van der Waals surface area (Å²) in [5, 5.41) is 4.02. The number of unbranched alkanes of at least 4 members (excludes halogenated alkanes) is 1. The van der Waals surface area contributed by atoms with Gasteiger partial charge >= 0.3 is 0 Å². The summed E-state index contributed by atoms with van der Waals surface area (Å²) in [4.78, 5) is 11.7. The monoisotopic (exact) mass is 292 g/mol. The van der Waals surface area contributed by atoms with Gasteiger partial charge in [0.2, 0.25) is 0 Å². The van der Waals surface area contributed by atoms with Crippen LogP contribution in [0.3, 0.4) is 0 Å². The standard InChI is InChI=1S/C15H21ClN4/c1-3-4-5-14-19-13(15(16)20-14)10-18-11(2)12-6-8-17-9-7-12/h6-9,11,18H,3-5,10H2,1-2H3,(H,19,20)/t11-/m1/s1. The number of hydrogen-bond donors (Lipinski definition) is 2. The largest absolute Gasteiger partial charge is 0.344 e. The summed E-state index contributed by atoms with van der Waals surface area (Å²) in [6.07, 6.45) is 6.85. The minimum Gasteiger partial charge on any atom is -0.344 e. The van der Waals surface area contributed by atoms with E-state index in [9.17, 15) is 0 Å². The van der Waals surface area contributed by atoms with Crippen molar-refractivity contribution < 1.29 is 0 Å². The molecular weight excluding hydrogens is 272 g/mol. The van der Waals surface area contributed by atoms with Gasteiger partial charge in [-0.05, 0) is 31.0 Å². The van der Waals surface area contributed by atoms with Crippen LogP contribution in [0.4, 0.5) is 0 Å². The van der Waals surface area contributed by atoms with Crippen LogP contribution >= 0.6 is 11.6 Å². The quantitative estimate of drug-likeness (QED) is 0.819. The summed E-state index contributed by atoms with van der Waals surface area (Å²) in [6, 6.07) is 4.27. The first-order valence-corrected chi connectivity index (χ1v) is 7.45. The molecule has 0 saturated carbocycles. The van der Waals surface area contributed by atoms with Crippen LogP contribution in [0.1, 0.15) is 49.8 Å². The minimum atomic E-state index is 0.247. The number of aromatic amines is 1. The maximum atomic E-state index is 6.16. The third-order valence-corrected chi connectivity index (χ3v) is 3.65. The highest BCUT2D eigenvalue weighted by molar-refractivity contribution is 6.30. The van der Waals surface area contributed by atoms with E-state index in [1.54, 1.807) is 12.4 Å². The van der Waals surface area contributed by atoms with Crippen molar-refractivity contribution in [1.29, 1.82) is 0 Å². The molecule has 0 radical (unpaired) electrons. The number of pyridine rings is 1. The van der Waals surface area contributed by atoms with E-state index < -0.39 is 0 Å². The van der Waals surface area contributed by atoms with Crippen LogP contribution in [0.15, 0.2) is 24.5 Å². The summed E-state index contributed by atoms with van der Waals surface area (Å²) in [5.41, 5.74) is 2.17. The Balaban J connectivity index is 1.92. The molecule has 0 fully saturated rings. The third-order valence-electron chi connectivity index (χ3n) is 3.34. The van der Waals surface area contributed by atoms with E-state index in [1.807, 2.05) is 12.1 Å². The molecule has 108 valence electrons. The Kier molecular flexibility index (Phi) is 5.56. The predicted octanol–water partition coefficient (Wildman–Crippen LogP) is 3.65. The minimum absolute atomic E-state index is 0.247. The first kappa shape index (κ1) is 15.0. The number of nitrogens with one attached hydrogen (secondary N) is 2. The summed E-state index contributed by atoms with van der Waals surface area (Å²) in [6.45, 7) is 4.97. The lowest BCUT2D eigenvalue weighted by molar-refractivity contribution is 0.567. The van der Waals surface area contributed by atoms with Gasteiger partial charge in [-0.1, -0.05) is 24.9 Å². The lowest BCUT2D eigenvalue weighted by Crippen LogP contribution is -2.18. The van der Waals surface area contributed by atoms with E-state index in [0.29, 0.717) is 11.7 Å². The molecular formula is C15H21ClN4. The van der Waals surface area contributed by atoms with Crippen molar-refractivity contribution in [2.45, 2.75) is 45.7 Å². The summed E-state index contributed by atoms with van der Waals surface area (Å²) in [7, 11) is 0. The molecule has 2 aromatic heterocycles. The van der Waals surface area contributed by atoms with E-state index in [2.05, 4.69) is 34.1 Å². The molecule has 0 unspecified atom stereocenters. The third kappa shape index (κ3) is 4.05. The van der Waals surface area contributed by atoms with Crippen LogP contribution in [0.5, 0.6) is 0 Å². The average Bonchev–Trinajstić information content (AvgIpc) is 2.83. The fourth-order valence-corrected chi connectivity index (χ4v) is 2.26. The first-order chi connectivity index (χ1) is 9.70. The van der Waals surface area contributed by atoms with Gasteiger partial charge in [-0.3, -0.25) is 4.98 Å². The van der Waals surface area contributed by atoms with Crippen LogP contribution in [-0.4, -0.2) is 15.0 Å². The topological polar surface area (TPSA) is 53.6 Å². The number of nitrogens with zero attached hydrogens (tertiary/aromatic N) is 2. The van der Waals surface area contributed by atoms with Gasteiger partial charge in [0.25, 0.3) is 0 Å². The second-order valence-corrected chi connectivity index (χ2v) is 5.30. The molecule has 2 heterocycles. The molecule has 0 aliphatic rings. The molecule has 0 aliphatic heterocycles. The van der Waals surface area contributed by atoms with Gasteiger partial charge in [0.05, 0.1) is 5.69 Å². The number of H-pyrrole nitrogens is 1. The molecule has 2 rings (SSSR count). The highest BCUT2D eigenvalue weighted by Gasteiger charge is 2.10.